The average molecular weight is 262 g/mol. The van der Waals surface area contributed by atoms with Crippen LogP contribution in [0.15, 0.2) is 36.7 Å². The van der Waals surface area contributed by atoms with Crippen LogP contribution in [-0.4, -0.2) is 16.6 Å². The van der Waals surface area contributed by atoms with Crippen molar-refractivity contribution in [3.05, 3.63) is 47.4 Å². The number of para-hydroxylation sites is 1. The largest absolute Gasteiger partial charge is 0.493 e. The van der Waals surface area contributed by atoms with E-state index in [0.717, 1.165) is 23.6 Å². The molecule has 0 bridgehead atoms. The first-order valence-electron chi connectivity index (χ1n) is 5.79. The summed E-state index contributed by atoms with van der Waals surface area (Å²) in [4.78, 5) is 8.03. The molecule has 92 valence electrons. The molecule has 1 aliphatic heterocycles. The zero-order valence-corrected chi connectivity index (χ0v) is 10.4. The highest BCUT2D eigenvalue weighted by atomic mass is 35.5. The number of aromatic nitrogens is 2. The van der Waals surface area contributed by atoms with Gasteiger partial charge in [-0.1, -0.05) is 29.8 Å². The summed E-state index contributed by atoms with van der Waals surface area (Å²) in [6, 6.07) is 9.95. The minimum Gasteiger partial charge on any atom is -0.493 e. The van der Waals surface area contributed by atoms with Gasteiger partial charge in [-0.3, -0.25) is 0 Å². The third-order valence-electron chi connectivity index (χ3n) is 2.91. The molecule has 0 radical (unpaired) electrons. The van der Waals surface area contributed by atoms with Crippen LogP contribution >= 0.6 is 11.6 Å². The number of hydrogen-bond donors (Lipinski definition) is 1. The van der Waals surface area contributed by atoms with Gasteiger partial charge in [-0.2, -0.15) is 0 Å². The molecule has 0 amide bonds. The van der Waals surface area contributed by atoms with Crippen LogP contribution in [0.25, 0.3) is 0 Å². The SMILES string of the molecule is Clc1cc(N[C@@H]2CCOc3ccccc32)ncn1. The van der Waals surface area contributed by atoms with Crippen LogP contribution in [0.3, 0.4) is 0 Å². The second kappa shape index (κ2) is 4.82. The highest BCUT2D eigenvalue weighted by molar-refractivity contribution is 6.29. The van der Waals surface area contributed by atoms with E-state index in [1.54, 1.807) is 6.07 Å². The third-order valence-corrected chi connectivity index (χ3v) is 3.12. The van der Waals surface area contributed by atoms with E-state index in [9.17, 15) is 0 Å². The van der Waals surface area contributed by atoms with Gasteiger partial charge in [0.25, 0.3) is 0 Å². The number of halogens is 1. The Labute approximate surface area is 110 Å². The highest BCUT2D eigenvalue weighted by Crippen LogP contribution is 2.33. The first kappa shape index (κ1) is 11.3. The second-order valence-electron chi connectivity index (χ2n) is 4.10. The average Bonchev–Trinajstić information content (AvgIpc) is 2.39. The number of ether oxygens (including phenoxy) is 1. The fourth-order valence-electron chi connectivity index (χ4n) is 2.08. The summed E-state index contributed by atoms with van der Waals surface area (Å²) in [5, 5.41) is 3.80. The number of nitrogens with zero attached hydrogens (tertiary/aromatic N) is 2. The van der Waals surface area contributed by atoms with Crippen molar-refractivity contribution in [1.29, 1.82) is 0 Å². The Bertz CT molecular complexity index is 561. The van der Waals surface area contributed by atoms with Gasteiger partial charge in [0.1, 0.15) is 23.0 Å². The van der Waals surface area contributed by atoms with Crippen molar-refractivity contribution >= 4 is 17.4 Å². The van der Waals surface area contributed by atoms with Crippen molar-refractivity contribution in [2.24, 2.45) is 0 Å². The second-order valence-corrected chi connectivity index (χ2v) is 4.49. The summed E-state index contributed by atoms with van der Waals surface area (Å²) >= 11 is 5.85. The van der Waals surface area contributed by atoms with Gasteiger partial charge in [0.2, 0.25) is 0 Å². The number of benzene rings is 1. The van der Waals surface area contributed by atoms with Gasteiger partial charge in [0, 0.05) is 18.1 Å². The predicted octanol–water partition coefficient (Wildman–Crippen LogP) is 3.07. The monoisotopic (exact) mass is 261 g/mol. The van der Waals surface area contributed by atoms with Crippen LogP contribution in [0.1, 0.15) is 18.0 Å². The molecule has 0 saturated heterocycles. The maximum atomic E-state index is 5.85. The first-order chi connectivity index (χ1) is 8.83. The lowest BCUT2D eigenvalue weighted by Crippen LogP contribution is -2.20. The Hall–Kier alpha value is -1.81. The summed E-state index contributed by atoms with van der Waals surface area (Å²) < 4.78 is 5.62. The van der Waals surface area contributed by atoms with E-state index in [4.69, 9.17) is 16.3 Å². The van der Waals surface area contributed by atoms with Gasteiger partial charge in [-0.25, -0.2) is 9.97 Å². The molecule has 0 unspecified atom stereocenters. The predicted molar refractivity (Wildman–Crippen MR) is 70.0 cm³/mol. The minimum absolute atomic E-state index is 0.195. The van der Waals surface area contributed by atoms with E-state index in [-0.39, 0.29) is 6.04 Å². The van der Waals surface area contributed by atoms with Gasteiger partial charge in [0.05, 0.1) is 12.6 Å². The lowest BCUT2D eigenvalue weighted by atomic mass is 10.0. The molecule has 0 saturated carbocycles. The maximum absolute atomic E-state index is 5.85. The molecule has 1 N–H and O–H groups in total. The Morgan fingerprint density at radius 3 is 3.06 bits per heavy atom. The number of hydrogen-bond acceptors (Lipinski definition) is 4. The fourth-order valence-corrected chi connectivity index (χ4v) is 2.23. The zero-order valence-electron chi connectivity index (χ0n) is 9.64. The van der Waals surface area contributed by atoms with E-state index in [1.807, 2.05) is 18.2 Å². The van der Waals surface area contributed by atoms with Gasteiger partial charge < -0.3 is 10.1 Å². The number of rotatable bonds is 2. The van der Waals surface area contributed by atoms with Crippen molar-refractivity contribution in [1.82, 2.24) is 9.97 Å². The molecular formula is C13H12ClN3O. The van der Waals surface area contributed by atoms with Crippen molar-refractivity contribution < 1.29 is 4.74 Å². The fraction of sp³-hybridized carbons (Fsp3) is 0.231. The van der Waals surface area contributed by atoms with Crippen molar-refractivity contribution in [2.45, 2.75) is 12.5 Å². The van der Waals surface area contributed by atoms with E-state index < -0.39 is 0 Å². The maximum Gasteiger partial charge on any atom is 0.134 e. The van der Waals surface area contributed by atoms with Crippen molar-refractivity contribution in [3.8, 4) is 5.75 Å². The quantitative estimate of drug-likeness (QED) is 0.844. The summed E-state index contributed by atoms with van der Waals surface area (Å²) in [5.41, 5.74) is 1.15. The lowest BCUT2D eigenvalue weighted by Gasteiger charge is -2.26. The molecule has 0 spiro atoms. The van der Waals surface area contributed by atoms with Gasteiger partial charge in [0.15, 0.2) is 0 Å². The number of anilines is 1. The summed E-state index contributed by atoms with van der Waals surface area (Å²) in [5.74, 6) is 1.66. The molecule has 1 aromatic carbocycles. The van der Waals surface area contributed by atoms with Crippen LogP contribution < -0.4 is 10.1 Å². The molecule has 2 heterocycles. The molecule has 0 aliphatic carbocycles. The summed E-state index contributed by atoms with van der Waals surface area (Å²) in [7, 11) is 0. The lowest BCUT2D eigenvalue weighted by molar-refractivity contribution is 0.274. The molecule has 1 aromatic heterocycles. The molecular weight excluding hydrogens is 250 g/mol. The van der Waals surface area contributed by atoms with Crippen molar-refractivity contribution in [2.75, 3.05) is 11.9 Å². The Kier molecular flexibility index (Phi) is 3.02. The van der Waals surface area contributed by atoms with E-state index in [2.05, 4.69) is 21.4 Å². The molecule has 18 heavy (non-hydrogen) atoms. The topological polar surface area (TPSA) is 47.0 Å². The Morgan fingerprint density at radius 1 is 1.28 bits per heavy atom. The van der Waals surface area contributed by atoms with Crippen LogP contribution in [0.4, 0.5) is 5.82 Å². The zero-order chi connectivity index (χ0) is 12.4. The highest BCUT2D eigenvalue weighted by Gasteiger charge is 2.21. The van der Waals surface area contributed by atoms with Gasteiger partial charge in [-0.15, -0.1) is 0 Å². The van der Waals surface area contributed by atoms with Crippen LogP contribution in [0.5, 0.6) is 5.75 Å². The molecule has 3 rings (SSSR count). The third kappa shape index (κ3) is 2.24. The minimum atomic E-state index is 0.195. The smallest absolute Gasteiger partial charge is 0.134 e. The normalized spacial score (nSPS) is 17.7. The molecule has 5 heteroatoms. The van der Waals surface area contributed by atoms with Gasteiger partial charge >= 0.3 is 0 Å². The Balaban J connectivity index is 1.86. The molecule has 2 aromatic rings. The summed E-state index contributed by atoms with van der Waals surface area (Å²) in [6.45, 7) is 0.702. The Morgan fingerprint density at radius 2 is 2.17 bits per heavy atom. The molecule has 1 atom stereocenters. The molecule has 4 nitrogen and oxygen atoms in total. The number of fused-ring (bicyclic) bond motifs is 1. The summed E-state index contributed by atoms with van der Waals surface area (Å²) in [6.07, 6.45) is 2.36. The first-order valence-corrected chi connectivity index (χ1v) is 6.16. The van der Waals surface area contributed by atoms with Gasteiger partial charge in [-0.05, 0) is 6.07 Å². The van der Waals surface area contributed by atoms with Crippen molar-refractivity contribution in [3.63, 3.8) is 0 Å². The van der Waals surface area contributed by atoms with E-state index >= 15 is 0 Å². The molecule has 0 fully saturated rings. The number of nitrogens with one attached hydrogen (secondary N) is 1. The van der Waals surface area contributed by atoms with Crippen LogP contribution in [0, 0.1) is 0 Å². The van der Waals surface area contributed by atoms with Crippen LogP contribution in [0.2, 0.25) is 5.15 Å². The van der Waals surface area contributed by atoms with Crippen LogP contribution in [-0.2, 0) is 0 Å². The van der Waals surface area contributed by atoms with E-state index in [0.29, 0.717) is 11.8 Å². The molecule has 1 aliphatic rings. The van der Waals surface area contributed by atoms with E-state index in [1.165, 1.54) is 6.33 Å². The standard InChI is InChI=1S/C13H12ClN3O/c14-12-7-13(16-8-15-12)17-10-5-6-18-11-4-2-1-3-9(10)11/h1-4,7-8,10H,5-6H2,(H,15,16,17)/t10-/m1/s1.